The lowest BCUT2D eigenvalue weighted by Gasteiger charge is -2.09. The van der Waals surface area contributed by atoms with Crippen LogP contribution in [0.3, 0.4) is 0 Å². The number of carboxylic acids is 1. The minimum absolute atomic E-state index is 0.153. The molecule has 0 atom stereocenters. The second kappa shape index (κ2) is 4.90. The van der Waals surface area contributed by atoms with Crippen LogP contribution in [0.5, 0.6) is 0 Å². The fourth-order valence-corrected chi connectivity index (χ4v) is 2.52. The van der Waals surface area contributed by atoms with Crippen molar-refractivity contribution < 1.29 is 9.90 Å². The number of nitrogens with zero attached hydrogens (tertiary/aromatic N) is 2. The summed E-state index contributed by atoms with van der Waals surface area (Å²) in [6.45, 7) is 4.05. The highest BCUT2D eigenvalue weighted by molar-refractivity contribution is 6.31. The van der Waals surface area contributed by atoms with Crippen LogP contribution in [0.1, 0.15) is 21.5 Å². The van der Waals surface area contributed by atoms with Crippen molar-refractivity contribution in [2.24, 2.45) is 0 Å². The van der Waals surface area contributed by atoms with Crippen LogP contribution < -0.4 is 0 Å². The topological polar surface area (TPSA) is 55.1 Å². The minimum atomic E-state index is -1.02. The van der Waals surface area contributed by atoms with Crippen molar-refractivity contribution in [3.05, 3.63) is 58.4 Å². The van der Waals surface area contributed by atoms with Gasteiger partial charge in [-0.25, -0.2) is 9.78 Å². The summed E-state index contributed by atoms with van der Waals surface area (Å²) in [6, 6.07) is 8.83. The van der Waals surface area contributed by atoms with E-state index in [4.69, 9.17) is 11.6 Å². The number of carbonyl (C=O) groups is 1. The van der Waals surface area contributed by atoms with E-state index in [0.29, 0.717) is 10.7 Å². The average Bonchev–Trinajstić information content (AvgIpc) is 2.82. The third kappa shape index (κ3) is 2.28. The molecular formula is C16H13ClN2O2. The van der Waals surface area contributed by atoms with Gasteiger partial charge in [0.25, 0.3) is 0 Å². The molecule has 0 aliphatic carbocycles. The van der Waals surface area contributed by atoms with E-state index in [9.17, 15) is 9.90 Å². The molecule has 0 aliphatic heterocycles. The lowest BCUT2D eigenvalue weighted by atomic mass is 10.1. The number of imidazole rings is 1. The maximum atomic E-state index is 11.4. The Labute approximate surface area is 126 Å². The lowest BCUT2D eigenvalue weighted by Crippen LogP contribution is -2.04. The van der Waals surface area contributed by atoms with Crippen LogP contribution in [0.4, 0.5) is 0 Å². The van der Waals surface area contributed by atoms with Crippen LogP contribution in [-0.4, -0.2) is 20.6 Å². The van der Waals surface area contributed by atoms with E-state index in [1.165, 1.54) is 6.07 Å². The monoisotopic (exact) mass is 300 g/mol. The van der Waals surface area contributed by atoms with Crippen LogP contribution in [0.2, 0.25) is 5.02 Å². The molecule has 0 spiro atoms. The summed E-state index contributed by atoms with van der Waals surface area (Å²) in [5.41, 5.74) is 4.71. The Morgan fingerprint density at radius 1 is 1.19 bits per heavy atom. The van der Waals surface area contributed by atoms with Gasteiger partial charge in [0.1, 0.15) is 6.33 Å². The van der Waals surface area contributed by atoms with Gasteiger partial charge in [-0.15, -0.1) is 0 Å². The number of rotatable bonds is 2. The number of aryl methyl sites for hydroxylation is 2. The van der Waals surface area contributed by atoms with E-state index in [-0.39, 0.29) is 5.56 Å². The molecule has 4 nitrogen and oxygen atoms in total. The molecule has 21 heavy (non-hydrogen) atoms. The predicted molar refractivity (Wildman–Crippen MR) is 82.5 cm³/mol. The highest BCUT2D eigenvalue weighted by atomic mass is 35.5. The molecule has 0 amide bonds. The smallest absolute Gasteiger partial charge is 0.337 e. The molecule has 1 aromatic heterocycles. The summed E-state index contributed by atoms with van der Waals surface area (Å²) in [5, 5.41) is 9.76. The average molecular weight is 301 g/mol. The fraction of sp³-hybridized carbons (Fsp3) is 0.125. The lowest BCUT2D eigenvalue weighted by molar-refractivity contribution is 0.0697. The van der Waals surface area contributed by atoms with Crippen molar-refractivity contribution in [3.8, 4) is 5.69 Å². The fourth-order valence-electron chi connectivity index (χ4n) is 2.35. The van der Waals surface area contributed by atoms with Crippen molar-refractivity contribution in [1.29, 1.82) is 0 Å². The molecule has 0 radical (unpaired) electrons. The van der Waals surface area contributed by atoms with Crippen molar-refractivity contribution in [3.63, 3.8) is 0 Å². The van der Waals surface area contributed by atoms with Crippen molar-refractivity contribution in [2.75, 3.05) is 0 Å². The molecule has 5 heteroatoms. The first-order chi connectivity index (χ1) is 9.97. The third-order valence-electron chi connectivity index (χ3n) is 3.61. The number of aromatic nitrogens is 2. The molecule has 3 aromatic rings. The van der Waals surface area contributed by atoms with Gasteiger partial charge in [0, 0.05) is 5.02 Å². The Morgan fingerprint density at radius 2 is 1.90 bits per heavy atom. The van der Waals surface area contributed by atoms with Gasteiger partial charge in [-0.1, -0.05) is 11.6 Å². The van der Waals surface area contributed by atoms with Gasteiger partial charge in [-0.3, -0.25) is 4.57 Å². The van der Waals surface area contributed by atoms with E-state index in [2.05, 4.69) is 4.98 Å². The summed E-state index contributed by atoms with van der Waals surface area (Å²) in [6.07, 6.45) is 1.64. The van der Waals surface area contributed by atoms with Gasteiger partial charge in [-0.05, 0) is 55.3 Å². The number of halogens is 1. The van der Waals surface area contributed by atoms with Crippen LogP contribution >= 0.6 is 11.6 Å². The number of carboxylic acid groups (broad SMARTS) is 1. The van der Waals surface area contributed by atoms with Gasteiger partial charge in [-0.2, -0.15) is 0 Å². The first-order valence-electron chi connectivity index (χ1n) is 6.45. The normalized spacial score (nSPS) is 11.0. The second-order valence-electron chi connectivity index (χ2n) is 5.01. The zero-order valence-corrected chi connectivity index (χ0v) is 12.3. The van der Waals surface area contributed by atoms with Gasteiger partial charge in [0.15, 0.2) is 0 Å². The molecule has 0 saturated carbocycles. The molecule has 106 valence electrons. The summed E-state index contributed by atoms with van der Waals surface area (Å²) in [7, 11) is 0. The summed E-state index contributed by atoms with van der Waals surface area (Å²) >= 11 is 5.90. The number of hydrogen-bond donors (Lipinski definition) is 1. The zero-order chi connectivity index (χ0) is 15.1. The summed E-state index contributed by atoms with van der Waals surface area (Å²) in [5.74, 6) is -1.02. The number of fused-ring (bicyclic) bond motifs is 1. The van der Waals surface area contributed by atoms with E-state index in [0.717, 1.165) is 22.2 Å². The quantitative estimate of drug-likeness (QED) is 0.778. The molecule has 1 N–H and O–H groups in total. The standard InChI is InChI=1S/C16H13ClN2O2/c1-9-5-13-15(6-10(9)2)19(8-18-13)14-4-3-11(17)7-12(14)16(20)21/h3-8H,1-2H3,(H,20,21). The minimum Gasteiger partial charge on any atom is -0.478 e. The molecule has 0 bridgehead atoms. The Hall–Kier alpha value is -2.33. The van der Waals surface area contributed by atoms with Crippen LogP contribution in [0.15, 0.2) is 36.7 Å². The van der Waals surface area contributed by atoms with Crippen LogP contribution in [0, 0.1) is 13.8 Å². The van der Waals surface area contributed by atoms with E-state index in [1.807, 2.05) is 26.0 Å². The second-order valence-corrected chi connectivity index (χ2v) is 5.44. The van der Waals surface area contributed by atoms with E-state index < -0.39 is 5.97 Å². The Kier molecular flexibility index (Phi) is 3.18. The highest BCUT2D eigenvalue weighted by Crippen LogP contribution is 2.25. The van der Waals surface area contributed by atoms with Gasteiger partial charge in [0.2, 0.25) is 0 Å². The summed E-state index contributed by atoms with van der Waals surface area (Å²) in [4.78, 5) is 15.8. The largest absolute Gasteiger partial charge is 0.478 e. The molecule has 0 fully saturated rings. The van der Waals surface area contributed by atoms with Crippen LogP contribution in [-0.2, 0) is 0 Å². The molecular weight excluding hydrogens is 288 g/mol. The SMILES string of the molecule is Cc1cc2ncn(-c3ccc(Cl)cc3C(=O)O)c2cc1C. The van der Waals surface area contributed by atoms with Gasteiger partial charge < -0.3 is 5.11 Å². The van der Waals surface area contributed by atoms with E-state index >= 15 is 0 Å². The number of aromatic carboxylic acids is 1. The molecule has 0 aliphatic rings. The maximum absolute atomic E-state index is 11.4. The number of hydrogen-bond acceptors (Lipinski definition) is 2. The third-order valence-corrected chi connectivity index (χ3v) is 3.85. The Balaban J connectivity index is 2.31. The molecule has 1 heterocycles. The van der Waals surface area contributed by atoms with Gasteiger partial charge in [0.05, 0.1) is 22.3 Å². The van der Waals surface area contributed by atoms with Gasteiger partial charge >= 0.3 is 5.97 Å². The zero-order valence-electron chi connectivity index (χ0n) is 11.6. The maximum Gasteiger partial charge on any atom is 0.337 e. The molecule has 0 saturated heterocycles. The van der Waals surface area contributed by atoms with Crippen molar-refractivity contribution >= 4 is 28.6 Å². The Morgan fingerprint density at radius 3 is 2.62 bits per heavy atom. The van der Waals surface area contributed by atoms with E-state index in [1.54, 1.807) is 23.0 Å². The van der Waals surface area contributed by atoms with Crippen LogP contribution in [0.25, 0.3) is 16.7 Å². The Bertz CT molecular complexity index is 868. The van der Waals surface area contributed by atoms with Crippen molar-refractivity contribution in [2.45, 2.75) is 13.8 Å². The first-order valence-corrected chi connectivity index (χ1v) is 6.82. The predicted octanol–water partition coefficient (Wildman–Crippen LogP) is 3.99. The van der Waals surface area contributed by atoms with Crippen molar-refractivity contribution in [1.82, 2.24) is 9.55 Å². The molecule has 2 aromatic carbocycles. The highest BCUT2D eigenvalue weighted by Gasteiger charge is 2.15. The number of benzene rings is 2. The first kappa shape index (κ1) is 13.6. The summed E-state index contributed by atoms with van der Waals surface area (Å²) < 4.78 is 1.78. The molecule has 3 rings (SSSR count). The molecule has 0 unspecified atom stereocenters.